The zero-order chi connectivity index (χ0) is 13.5. The Kier molecular flexibility index (Phi) is 5.72. The summed E-state index contributed by atoms with van der Waals surface area (Å²) in [5, 5.41) is 3.39. The van der Waals surface area contributed by atoms with Crippen LogP contribution in [-0.2, 0) is 0 Å². The van der Waals surface area contributed by atoms with Gasteiger partial charge in [-0.3, -0.25) is 0 Å². The molecule has 0 saturated carbocycles. The third kappa shape index (κ3) is 4.41. The average molecular weight is 249 g/mol. The van der Waals surface area contributed by atoms with Crippen molar-refractivity contribution in [2.24, 2.45) is 0 Å². The molecule has 0 aliphatic heterocycles. The zero-order valence-corrected chi connectivity index (χ0v) is 11.9. The summed E-state index contributed by atoms with van der Waals surface area (Å²) in [7, 11) is 3.35. The Morgan fingerprint density at radius 2 is 2.00 bits per heavy atom. The Balaban J connectivity index is 2.89. The fraction of sp³-hybridized carbons (Fsp3) is 0.467. The molecule has 0 heterocycles. The second kappa shape index (κ2) is 7.07. The van der Waals surface area contributed by atoms with Crippen LogP contribution < -0.4 is 14.8 Å². The summed E-state index contributed by atoms with van der Waals surface area (Å²) in [5.74, 6) is 1.70. The monoisotopic (exact) mass is 249 g/mol. The molecule has 18 heavy (non-hydrogen) atoms. The van der Waals surface area contributed by atoms with Crippen molar-refractivity contribution in [2.75, 3.05) is 20.8 Å². The first kappa shape index (κ1) is 14.6. The molecule has 3 nitrogen and oxygen atoms in total. The molecule has 0 spiro atoms. The third-order valence-corrected chi connectivity index (χ3v) is 2.63. The van der Waals surface area contributed by atoms with Crippen molar-refractivity contribution in [3.8, 4) is 11.5 Å². The minimum absolute atomic E-state index is 0.487. The van der Waals surface area contributed by atoms with Crippen LogP contribution in [0.1, 0.15) is 26.3 Å². The van der Waals surface area contributed by atoms with Crippen molar-refractivity contribution in [3.05, 3.63) is 29.3 Å². The molecule has 1 N–H and O–H groups in total. The van der Waals surface area contributed by atoms with Crippen LogP contribution >= 0.6 is 0 Å². The maximum Gasteiger partial charge on any atom is 0.126 e. The van der Waals surface area contributed by atoms with Crippen molar-refractivity contribution in [2.45, 2.75) is 26.8 Å². The van der Waals surface area contributed by atoms with Crippen molar-refractivity contribution < 1.29 is 9.47 Å². The molecule has 0 unspecified atom stereocenters. The van der Waals surface area contributed by atoms with Gasteiger partial charge in [0, 0.05) is 18.2 Å². The standard InChI is InChI=1S/C15H23NO2/c1-11(2)16-10-12(3)8-13-9-14(17-4)6-7-15(13)18-5/h6-9,11,16H,10H2,1-5H3. The zero-order valence-electron chi connectivity index (χ0n) is 11.9. The molecular formula is C15H23NO2. The average Bonchev–Trinajstić information content (AvgIpc) is 2.36. The van der Waals surface area contributed by atoms with E-state index in [0.717, 1.165) is 23.6 Å². The van der Waals surface area contributed by atoms with Gasteiger partial charge in [0.05, 0.1) is 14.2 Å². The number of nitrogens with one attached hydrogen (secondary N) is 1. The van der Waals surface area contributed by atoms with E-state index in [1.54, 1.807) is 14.2 Å². The Hall–Kier alpha value is -1.48. The van der Waals surface area contributed by atoms with E-state index in [4.69, 9.17) is 9.47 Å². The lowest BCUT2D eigenvalue weighted by Crippen LogP contribution is -2.24. The van der Waals surface area contributed by atoms with Crippen LogP contribution in [0, 0.1) is 0 Å². The number of rotatable bonds is 6. The molecule has 0 aliphatic rings. The van der Waals surface area contributed by atoms with Gasteiger partial charge in [-0.2, -0.15) is 0 Å². The van der Waals surface area contributed by atoms with Gasteiger partial charge in [0.2, 0.25) is 0 Å². The predicted octanol–water partition coefficient (Wildman–Crippen LogP) is 3.11. The lowest BCUT2D eigenvalue weighted by atomic mass is 10.1. The third-order valence-electron chi connectivity index (χ3n) is 2.63. The van der Waals surface area contributed by atoms with E-state index in [0.29, 0.717) is 6.04 Å². The van der Waals surface area contributed by atoms with E-state index in [2.05, 4.69) is 32.2 Å². The van der Waals surface area contributed by atoms with E-state index < -0.39 is 0 Å². The molecule has 1 aromatic carbocycles. The van der Waals surface area contributed by atoms with Gasteiger partial charge in [0.25, 0.3) is 0 Å². The van der Waals surface area contributed by atoms with E-state index in [9.17, 15) is 0 Å². The summed E-state index contributed by atoms with van der Waals surface area (Å²) in [6.07, 6.45) is 2.12. The van der Waals surface area contributed by atoms with Gasteiger partial charge in [-0.15, -0.1) is 0 Å². The van der Waals surface area contributed by atoms with E-state index in [-0.39, 0.29) is 0 Å². The Bertz CT molecular complexity index is 411. The second-order valence-corrected chi connectivity index (χ2v) is 4.63. The predicted molar refractivity (Wildman–Crippen MR) is 76.3 cm³/mol. The molecule has 0 amide bonds. The summed E-state index contributed by atoms with van der Waals surface area (Å²) in [4.78, 5) is 0. The highest BCUT2D eigenvalue weighted by molar-refractivity contribution is 5.61. The molecule has 100 valence electrons. The fourth-order valence-corrected chi connectivity index (χ4v) is 1.63. The molecule has 0 radical (unpaired) electrons. The van der Waals surface area contributed by atoms with Crippen LogP contribution in [-0.4, -0.2) is 26.8 Å². The number of ether oxygens (including phenoxy) is 2. The molecule has 0 fully saturated rings. The van der Waals surface area contributed by atoms with Crippen LogP contribution in [0.5, 0.6) is 11.5 Å². The van der Waals surface area contributed by atoms with Gasteiger partial charge < -0.3 is 14.8 Å². The van der Waals surface area contributed by atoms with Gasteiger partial charge in [-0.1, -0.05) is 25.5 Å². The first-order valence-corrected chi connectivity index (χ1v) is 6.19. The molecule has 1 rings (SSSR count). The van der Waals surface area contributed by atoms with Crippen molar-refractivity contribution in [1.82, 2.24) is 5.32 Å². The van der Waals surface area contributed by atoms with Gasteiger partial charge >= 0.3 is 0 Å². The first-order valence-electron chi connectivity index (χ1n) is 6.19. The van der Waals surface area contributed by atoms with Crippen LogP contribution in [0.15, 0.2) is 23.8 Å². The Morgan fingerprint density at radius 3 is 2.56 bits per heavy atom. The quantitative estimate of drug-likeness (QED) is 0.840. The molecule has 0 aromatic heterocycles. The Labute approximate surface area is 110 Å². The second-order valence-electron chi connectivity index (χ2n) is 4.63. The minimum Gasteiger partial charge on any atom is -0.497 e. The summed E-state index contributed by atoms with van der Waals surface area (Å²) in [6, 6.07) is 6.30. The summed E-state index contributed by atoms with van der Waals surface area (Å²) in [6.45, 7) is 7.26. The maximum atomic E-state index is 5.35. The number of hydrogen-bond donors (Lipinski definition) is 1. The maximum absolute atomic E-state index is 5.35. The fourth-order valence-electron chi connectivity index (χ4n) is 1.63. The van der Waals surface area contributed by atoms with Crippen LogP contribution in [0.3, 0.4) is 0 Å². The van der Waals surface area contributed by atoms with E-state index in [1.807, 2.05) is 18.2 Å². The SMILES string of the molecule is COc1ccc(OC)c(C=C(C)CNC(C)C)c1. The molecule has 3 heteroatoms. The van der Waals surface area contributed by atoms with E-state index in [1.165, 1.54) is 5.57 Å². The van der Waals surface area contributed by atoms with Crippen molar-refractivity contribution in [3.63, 3.8) is 0 Å². The highest BCUT2D eigenvalue weighted by Gasteiger charge is 2.03. The van der Waals surface area contributed by atoms with Gasteiger partial charge in [-0.25, -0.2) is 0 Å². The Morgan fingerprint density at radius 1 is 1.28 bits per heavy atom. The lowest BCUT2D eigenvalue weighted by Gasteiger charge is -2.10. The normalized spacial score (nSPS) is 11.8. The van der Waals surface area contributed by atoms with Crippen LogP contribution in [0.4, 0.5) is 0 Å². The van der Waals surface area contributed by atoms with Gasteiger partial charge in [-0.05, 0) is 25.1 Å². The highest BCUT2D eigenvalue weighted by Crippen LogP contribution is 2.25. The molecule has 0 saturated heterocycles. The molecule has 0 bridgehead atoms. The van der Waals surface area contributed by atoms with Crippen LogP contribution in [0.2, 0.25) is 0 Å². The number of hydrogen-bond acceptors (Lipinski definition) is 3. The highest BCUT2D eigenvalue weighted by atomic mass is 16.5. The van der Waals surface area contributed by atoms with Gasteiger partial charge in [0.15, 0.2) is 0 Å². The van der Waals surface area contributed by atoms with Gasteiger partial charge in [0.1, 0.15) is 11.5 Å². The molecule has 0 aliphatic carbocycles. The molecular weight excluding hydrogens is 226 g/mol. The number of methoxy groups -OCH3 is 2. The largest absolute Gasteiger partial charge is 0.497 e. The molecule has 0 atom stereocenters. The minimum atomic E-state index is 0.487. The summed E-state index contributed by atoms with van der Waals surface area (Å²) >= 11 is 0. The number of benzene rings is 1. The summed E-state index contributed by atoms with van der Waals surface area (Å²) < 4.78 is 10.6. The van der Waals surface area contributed by atoms with E-state index >= 15 is 0 Å². The first-order chi connectivity index (χ1) is 8.56. The smallest absolute Gasteiger partial charge is 0.126 e. The van der Waals surface area contributed by atoms with Crippen molar-refractivity contribution >= 4 is 6.08 Å². The van der Waals surface area contributed by atoms with Crippen molar-refractivity contribution in [1.29, 1.82) is 0 Å². The topological polar surface area (TPSA) is 30.5 Å². The summed E-state index contributed by atoms with van der Waals surface area (Å²) in [5.41, 5.74) is 2.30. The lowest BCUT2D eigenvalue weighted by molar-refractivity contribution is 0.402. The van der Waals surface area contributed by atoms with Crippen LogP contribution in [0.25, 0.3) is 6.08 Å². The molecule has 1 aromatic rings.